The molecule has 0 aliphatic heterocycles. The molecule has 0 saturated carbocycles. The molecule has 0 aromatic carbocycles. The Morgan fingerprint density at radius 2 is 1.25 bits per heavy atom. The maximum Gasteiger partial charge on any atom is 0.297 e. The first-order chi connectivity index (χ1) is 7.58. The van der Waals surface area contributed by atoms with Crippen molar-refractivity contribution in [2.75, 3.05) is 0 Å². The zero-order chi connectivity index (χ0) is 11.4. The molecule has 0 aliphatic rings. The fourth-order valence-electron chi connectivity index (χ4n) is 1.54. The van der Waals surface area contributed by atoms with E-state index in [0.717, 1.165) is 9.03 Å². The molecule has 0 bridgehead atoms. The molecule has 0 fully saturated rings. The maximum atomic E-state index is 11.9. The Bertz CT molecular complexity index is 693. The van der Waals surface area contributed by atoms with Gasteiger partial charge in [0, 0.05) is 12.1 Å². The van der Waals surface area contributed by atoms with Gasteiger partial charge in [-0.05, 0) is 0 Å². The molecule has 8 heteroatoms. The monoisotopic (exact) mass is 256 g/mol. The molecule has 0 spiro atoms. The molecule has 16 heavy (non-hydrogen) atoms. The Labute approximate surface area is 97.0 Å². The standard InChI is InChI=1S/C8H2Cl2N4O2/c9-5-1-3-7(15)14-4(2-6(10)12-14)8(16)13(3)11-5/h1-2H. The van der Waals surface area contributed by atoms with Crippen LogP contribution in [0, 0.1) is 0 Å². The first-order valence-corrected chi connectivity index (χ1v) is 4.94. The molecule has 0 amide bonds. The van der Waals surface area contributed by atoms with Crippen molar-refractivity contribution in [1.82, 2.24) is 19.2 Å². The van der Waals surface area contributed by atoms with Gasteiger partial charge in [0.25, 0.3) is 11.1 Å². The number of hydrogen-bond donors (Lipinski definition) is 0. The summed E-state index contributed by atoms with van der Waals surface area (Å²) in [5, 5.41) is 7.59. The van der Waals surface area contributed by atoms with Gasteiger partial charge in [0.15, 0.2) is 10.3 Å². The Balaban J connectivity index is 2.75. The van der Waals surface area contributed by atoms with Crippen molar-refractivity contribution in [2.45, 2.75) is 0 Å². The quantitative estimate of drug-likeness (QED) is 0.586. The second-order valence-electron chi connectivity index (χ2n) is 3.14. The highest BCUT2D eigenvalue weighted by molar-refractivity contribution is 6.30. The molecule has 3 aromatic heterocycles. The number of nitrogens with zero attached hydrogens (tertiary/aromatic N) is 4. The lowest BCUT2D eigenvalue weighted by molar-refractivity contribution is 0.852. The molecule has 3 aromatic rings. The van der Waals surface area contributed by atoms with E-state index in [-0.39, 0.29) is 21.3 Å². The Morgan fingerprint density at radius 1 is 0.875 bits per heavy atom. The van der Waals surface area contributed by atoms with E-state index in [1.54, 1.807) is 0 Å². The third-order valence-electron chi connectivity index (χ3n) is 2.18. The average molecular weight is 257 g/mol. The molecule has 0 aliphatic carbocycles. The van der Waals surface area contributed by atoms with E-state index in [1.165, 1.54) is 12.1 Å². The topological polar surface area (TPSA) is 68.7 Å². The second kappa shape index (κ2) is 2.93. The molecule has 0 unspecified atom stereocenters. The molecule has 0 N–H and O–H groups in total. The third kappa shape index (κ3) is 1.08. The number of aromatic nitrogens is 4. The summed E-state index contributed by atoms with van der Waals surface area (Å²) < 4.78 is 1.88. The van der Waals surface area contributed by atoms with Gasteiger partial charge in [-0.25, -0.2) is 0 Å². The highest BCUT2D eigenvalue weighted by Gasteiger charge is 2.14. The molecule has 3 heterocycles. The molecule has 0 radical (unpaired) electrons. The summed E-state index contributed by atoms with van der Waals surface area (Å²) in [4.78, 5) is 23.7. The van der Waals surface area contributed by atoms with Gasteiger partial charge in [0.1, 0.15) is 11.0 Å². The van der Waals surface area contributed by atoms with Crippen molar-refractivity contribution < 1.29 is 0 Å². The number of hydrogen-bond acceptors (Lipinski definition) is 4. The molecular weight excluding hydrogens is 255 g/mol. The predicted molar refractivity (Wildman–Crippen MR) is 57.7 cm³/mol. The first kappa shape index (κ1) is 9.56. The van der Waals surface area contributed by atoms with Crippen LogP contribution in [0.25, 0.3) is 11.0 Å². The van der Waals surface area contributed by atoms with E-state index in [2.05, 4.69) is 10.2 Å². The zero-order valence-electron chi connectivity index (χ0n) is 7.52. The zero-order valence-corrected chi connectivity index (χ0v) is 9.03. The van der Waals surface area contributed by atoms with Gasteiger partial charge < -0.3 is 0 Å². The van der Waals surface area contributed by atoms with Crippen LogP contribution in [-0.4, -0.2) is 19.2 Å². The van der Waals surface area contributed by atoms with Crippen LogP contribution in [0.4, 0.5) is 0 Å². The van der Waals surface area contributed by atoms with E-state index < -0.39 is 11.1 Å². The average Bonchev–Trinajstić information content (AvgIpc) is 2.78. The van der Waals surface area contributed by atoms with Gasteiger partial charge in [-0.15, -0.1) is 0 Å². The Hall–Kier alpha value is -1.66. The second-order valence-corrected chi connectivity index (χ2v) is 3.91. The lowest BCUT2D eigenvalue weighted by Crippen LogP contribution is -2.26. The van der Waals surface area contributed by atoms with E-state index in [0.29, 0.717) is 0 Å². The summed E-state index contributed by atoms with van der Waals surface area (Å²) in [6.45, 7) is 0. The smallest absolute Gasteiger partial charge is 0.265 e. The van der Waals surface area contributed by atoms with E-state index in [1.807, 2.05) is 0 Å². The molecule has 80 valence electrons. The molecule has 0 atom stereocenters. The number of fused-ring (bicyclic) bond motifs is 2. The number of halogens is 2. The van der Waals surface area contributed by atoms with Crippen LogP contribution in [0.3, 0.4) is 0 Å². The Kier molecular flexibility index (Phi) is 1.75. The summed E-state index contributed by atoms with van der Waals surface area (Å²) in [6, 6.07) is 2.61. The third-order valence-corrected chi connectivity index (χ3v) is 2.55. The van der Waals surface area contributed by atoms with Gasteiger partial charge in [0.05, 0.1) is 0 Å². The SMILES string of the molecule is O=c1c2cc(Cl)nn2c(=O)c2cc(Cl)nn12. The van der Waals surface area contributed by atoms with Crippen molar-refractivity contribution in [2.24, 2.45) is 0 Å². The molecule has 3 rings (SSSR count). The summed E-state index contributed by atoms with van der Waals surface area (Å²) >= 11 is 11.3. The van der Waals surface area contributed by atoms with Crippen molar-refractivity contribution in [3.8, 4) is 0 Å². The summed E-state index contributed by atoms with van der Waals surface area (Å²) in [7, 11) is 0. The van der Waals surface area contributed by atoms with Crippen LogP contribution in [0.5, 0.6) is 0 Å². The molecule has 6 nitrogen and oxygen atoms in total. The van der Waals surface area contributed by atoms with E-state index >= 15 is 0 Å². The minimum Gasteiger partial charge on any atom is -0.265 e. The normalized spacial score (nSPS) is 11.6. The largest absolute Gasteiger partial charge is 0.297 e. The summed E-state index contributed by atoms with van der Waals surface area (Å²) in [5.74, 6) is 0. The van der Waals surface area contributed by atoms with Crippen LogP contribution < -0.4 is 11.1 Å². The van der Waals surface area contributed by atoms with Crippen molar-refractivity contribution in [3.05, 3.63) is 43.1 Å². The minimum absolute atomic E-state index is 0.0715. The fourth-order valence-corrected chi connectivity index (χ4v) is 1.89. The van der Waals surface area contributed by atoms with Gasteiger partial charge in [-0.3, -0.25) is 9.59 Å². The maximum absolute atomic E-state index is 11.9. The van der Waals surface area contributed by atoms with Gasteiger partial charge >= 0.3 is 0 Å². The van der Waals surface area contributed by atoms with Crippen molar-refractivity contribution in [3.63, 3.8) is 0 Å². The lowest BCUT2D eigenvalue weighted by atomic mass is 10.4. The minimum atomic E-state index is -0.485. The van der Waals surface area contributed by atoms with Crippen LogP contribution in [0.2, 0.25) is 10.3 Å². The van der Waals surface area contributed by atoms with Crippen LogP contribution in [-0.2, 0) is 0 Å². The first-order valence-electron chi connectivity index (χ1n) is 4.18. The molecule has 0 saturated heterocycles. The van der Waals surface area contributed by atoms with Crippen molar-refractivity contribution in [1.29, 1.82) is 0 Å². The highest BCUT2D eigenvalue weighted by atomic mass is 35.5. The van der Waals surface area contributed by atoms with Crippen LogP contribution in [0.15, 0.2) is 21.7 Å². The molecular formula is C8H2Cl2N4O2. The predicted octanol–water partition coefficient (Wildman–Crippen LogP) is 0.447. The van der Waals surface area contributed by atoms with Gasteiger partial charge in [-0.1, -0.05) is 23.2 Å². The Morgan fingerprint density at radius 3 is 1.62 bits per heavy atom. The van der Waals surface area contributed by atoms with Crippen molar-refractivity contribution >= 4 is 34.2 Å². The summed E-state index contributed by atoms with van der Waals surface area (Å²) in [6.07, 6.45) is 0. The van der Waals surface area contributed by atoms with Crippen LogP contribution >= 0.6 is 23.2 Å². The number of rotatable bonds is 0. The lowest BCUT2D eigenvalue weighted by Gasteiger charge is -1.92. The van der Waals surface area contributed by atoms with Gasteiger partial charge in [-0.2, -0.15) is 19.2 Å². The van der Waals surface area contributed by atoms with E-state index in [4.69, 9.17) is 23.2 Å². The highest BCUT2D eigenvalue weighted by Crippen LogP contribution is 2.09. The van der Waals surface area contributed by atoms with Crippen LogP contribution in [0.1, 0.15) is 0 Å². The fraction of sp³-hybridized carbons (Fsp3) is 0. The summed E-state index contributed by atoms with van der Waals surface area (Å²) in [5.41, 5.74) is -0.827. The van der Waals surface area contributed by atoms with Gasteiger partial charge in [0.2, 0.25) is 0 Å². The van der Waals surface area contributed by atoms with E-state index in [9.17, 15) is 9.59 Å².